The highest BCUT2D eigenvalue weighted by molar-refractivity contribution is 7.15. The van der Waals surface area contributed by atoms with Gasteiger partial charge in [0.05, 0.1) is 7.11 Å². The zero-order chi connectivity index (χ0) is 13.0. The van der Waals surface area contributed by atoms with Gasteiger partial charge < -0.3 is 4.74 Å². The third-order valence-electron chi connectivity index (χ3n) is 2.99. The lowest BCUT2D eigenvalue weighted by Crippen LogP contribution is -2.23. The van der Waals surface area contributed by atoms with E-state index in [9.17, 15) is 9.59 Å². The van der Waals surface area contributed by atoms with Crippen LogP contribution < -0.4 is 5.32 Å². The number of carbonyl (C=O) groups excluding carboxylic acids is 2. The van der Waals surface area contributed by atoms with Crippen LogP contribution in [0.4, 0.5) is 5.13 Å². The van der Waals surface area contributed by atoms with Crippen molar-refractivity contribution >= 4 is 28.3 Å². The van der Waals surface area contributed by atoms with Gasteiger partial charge in [0.1, 0.15) is 5.01 Å². The van der Waals surface area contributed by atoms with Gasteiger partial charge in [0.25, 0.3) is 0 Å². The van der Waals surface area contributed by atoms with Crippen LogP contribution in [0.1, 0.15) is 43.0 Å². The minimum absolute atomic E-state index is 0.353. The Kier molecular flexibility index (Phi) is 4.24. The molecule has 1 fully saturated rings. The van der Waals surface area contributed by atoms with Crippen LogP contribution in [0.25, 0.3) is 0 Å². The Hall–Kier alpha value is -1.50. The second-order valence-electron chi connectivity index (χ2n) is 4.23. The lowest BCUT2D eigenvalue weighted by atomic mass is 9.90. The molecule has 98 valence electrons. The van der Waals surface area contributed by atoms with Crippen molar-refractivity contribution in [3.63, 3.8) is 0 Å². The Labute approximate surface area is 109 Å². The molecular formula is C11H15N3O3S. The molecule has 1 aliphatic rings. The molecule has 1 aromatic rings. The fourth-order valence-electron chi connectivity index (χ4n) is 2.04. The Morgan fingerprint density at radius 3 is 2.67 bits per heavy atom. The number of amides is 1. The number of carbonyl (C=O) groups is 2. The average molecular weight is 269 g/mol. The molecule has 1 saturated carbocycles. The molecule has 0 spiro atoms. The number of anilines is 1. The van der Waals surface area contributed by atoms with Crippen LogP contribution >= 0.6 is 11.3 Å². The number of hydrogen-bond acceptors (Lipinski definition) is 6. The molecule has 0 atom stereocenters. The maximum atomic E-state index is 11.3. The number of methoxy groups -OCH3 is 1. The highest BCUT2D eigenvalue weighted by Crippen LogP contribution is 2.35. The van der Waals surface area contributed by atoms with Crippen LogP contribution in [0, 0.1) is 0 Å². The zero-order valence-electron chi connectivity index (χ0n) is 10.1. The van der Waals surface area contributed by atoms with Gasteiger partial charge >= 0.3 is 11.9 Å². The fraction of sp³-hybridized carbons (Fsp3) is 0.636. The molecule has 1 N–H and O–H groups in total. The van der Waals surface area contributed by atoms with Crippen molar-refractivity contribution < 1.29 is 14.3 Å². The Morgan fingerprint density at radius 1 is 1.28 bits per heavy atom. The number of nitrogens with one attached hydrogen (secondary N) is 1. The summed E-state index contributed by atoms with van der Waals surface area (Å²) in [4.78, 5) is 22.2. The van der Waals surface area contributed by atoms with Crippen molar-refractivity contribution in [2.24, 2.45) is 0 Å². The molecule has 0 bridgehead atoms. The largest absolute Gasteiger partial charge is 0.462 e. The Morgan fingerprint density at radius 2 is 2.00 bits per heavy atom. The third kappa shape index (κ3) is 3.04. The van der Waals surface area contributed by atoms with E-state index in [1.165, 1.54) is 30.6 Å². The van der Waals surface area contributed by atoms with E-state index in [4.69, 9.17) is 0 Å². The van der Waals surface area contributed by atoms with E-state index in [0.717, 1.165) is 25.0 Å². The SMILES string of the molecule is COC(=O)C(=O)Nc1nnc(C2CCCCC2)s1. The van der Waals surface area contributed by atoms with Gasteiger partial charge in [-0.2, -0.15) is 0 Å². The summed E-state index contributed by atoms with van der Waals surface area (Å²) in [5.41, 5.74) is 0. The summed E-state index contributed by atoms with van der Waals surface area (Å²) in [6.45, 7) is 0. The number of esters is 1. The first kappa shape index (κ1) is 12.9. The van der Waals surface area contributed by atoms with Gasteiger partial charge in [-0.1, -0.05) is 30.6 Å². The minimum Gasteiger partial charge on any atom is -0.462 e. The van der Waals surface area contributed by atoms with Crippen LogP contribution in [0.5, 0.6) is 0 Å². The molecule has 0 radical (unpaired) electrons. The highest BCUT2D eigenvalue weighted by Gasteiger charge is 2.21. The minimum atomic E-state index is -0.926. The summed E-state index contributed by atoms with van der Waals surface area (Å²) < 4.78 is 4.31. The molecule has 18 heavy (non-hydrogen) atoms. The molecule has 1 aromatic heterocycles. The standard InChI is InChI=1S/C11H15N3O3S/c1-17-10(16)8(15)12-11-14-13-9(18-11)7-5-3-2-4-6-7/h7H,2-6H2,1H3,(H,12,14,15). The van der Waals surface area contributed by atoms with Crippen molar-refractivity contribution in [3.05, 3.63) is 5.01 Å². The number of nitrogens with zero attached hydrogens (tertiary/aromatic N) is 2. The van der Waals surface area contributed by atoms with Crippen LogP contribution in [-0.4, -0.2) is 29.2 Å². The summed E-state index contributed by atoms with van der Waals surface area (Å²) in [6.07, 6.45) is 5.96. The van der Waals surface area contributed by atoms with Crippen LogP contribution in [0.2, 0.25) is 0 Å². The van der Waals surface area contributed by atoms with E-state index < -0.39 is 11.9 Å². The van der Waals surface area contributed by atoms with E-state index >= 15 is 0 Å². The van der Waals surface area contributed by atoms with Crippen molar-refractivity contribution in [1.29, 1.82) is 0 Å². The summed E-state index contributed by atoms with van der Waals surface area (Å²) in [6, 6.07) is 0. The maximum Gasteiger partial charge on any atom is 0.396 e. The molecule has 0 aromatic carbocycles. The van der Waals surface area contributed by atoms with Crippen LogP contribution in [-0.2, 0) is 14.3 Å². The van der Waals surface area contributed by atoms with E-state index in [2.05, 4.69) is 20.3 Å². The number of ether oxygens (including phenoxy) is 1. The summed E-state index contributed by atoms with van der Waals surface area (Å²) in [5, 5.41) is 11.6. The summed E-state index contributed by atoms with van der Waals surface area (Å²) in [7, 11) is 1.16. The van der Waals surface area contributed by atoms with Crippen LogP contribution in [0.15, 0.2) is 0 Å². The normalized spacial score (nSPS) is 16.3. The first-order chi connectivity index (χ1) is 8.70. The van der Waals surface area contributed by atoms with Gasteiger partial charge in [-0.15, -0.1) is 10.2 Å². The topological polar surface area (TPSA) is 81.2 Å². The van der Waals surface area contributed by atoms with Gasteiger partial charge in [-0.25, -0.2) is 4.79 Å². The number of rotatable bonds is 2. The molecule has 0 saturated heterocycles. The van der Waals surface area contributed by atoms with Crippen molar-refractivity contribution in [1.82, 2.24) is 10.2 Å². The van der Waals surface area contributed by atoms with Gasteiger partial charge in [0.2, 0.25) is 5.13 Å². The maximum absolute atomic E-state index is 11.3. The molecule has 2 rings (SSSR count). The lowest BCUT2D eigenvalue weighted by molar-refractivity contribution is -0.150. The van der Waals surface area contributed by atoms with E-state index in [1.807, 2.05) is 0 Å². The molecule has 6 nitrogen and oxygen atoms in total. The van der Waals surface area contributed by atoms with Crippen molar-refractivity contribution in [2.45, 2.75) is 38.0 Å². The van der Waals surface area contributed by atoms with Crippen molar-refractivity contribution in [3.8, 4) is 0 Å². The Bertz CT molecular complexity index is 440. The predicted molar refractivity (Wildman–Crippen MR) is 66.4 cm³/mol. The van der Waals surface area contributed by atoms with E-state index in [1.54, 1.807) is 0 Å². The number of aromatic nitrogens is 2. The van der Waals surface area contributed by atoms with Gasteiger partial charge in [-0.3, -0.25) is 10.1 Å². The molecule has 0 unspecified atom stereocenters. The van der Waals surface area contributed by atoms with E-state index in [0.29, 0.717) is 11.0 Å². The molecular weight excluding hydrogens is 254 g/mol. The summed E-state index contributed by atoms with van der Waals surface area (Å²) >= 11 is 1.33. The second kappa shape index (κ2) is 5.90. The third-order valence-corrected chi connectivity index (χ3v) is 3.99. The molecule has 0 aliphatic heterocycles. The van der Waals surface area contributed by atoms with Crippen LogP contribution in [0.3, 0.4) is 0 Å². The van der Waals surface area contributed by atoms with Gasteiger partial charge in [0.15, 0.2) is 0 Å². The highest BCUT2D eigenvalue weighted by atomic mass is 32.1. The second-order valence-corrected chi connectivity index (χ2v) is 5.24. The van der Waals surface area contributed by atoms with Gasteiger partial charge in [0, 0.05) is 5.92 Å². The van der Waals surface area contributed by atoms with Gasteiger partial charge in [-0.05, 0) is 12.8 Å². The first-order valence-corrected chi connectivity index (χ1v) is 6.75. The van der Waals surface area contributed by atoms with E-state index in [-0.39, 0.29) is 0 Å². The quantitative estimate of drug-likeness (QED) is 0.652. The smallest absolute Gasteiger partial charge is 0.396 e. The lowest BCUT2D eigenvalue weighted by Gasteiger charge is -2.18. The monoisotopic (exact) mass is 269 g/mol. The predicted octanol–water partition coefficient (Wildman–Crippen LogP) is 1.70. The molecule has 1 heterocycles. The molecule has 1 aliphatic carbocycles. The molecule has 7 heteroatoms. The van der Waals surface area contributed by atoms with Crippen molar-refractivity contribution in [2.75, 3.05) is 12.4 Å². The number of hydrogen-bond donors (Lipinski definition) is 1. The zero-order valence-corrected chi connectivity index (χ0v) is 11.0. The average Bonchev–Trinajstić information content (AvgIpc) is 2.87. The fourth-order valence-corrected chi connectivity index (χ4v) is 2.95. The Balaban J connectivity index is 1.97. The summed E-state index contributed by atoms with van der Waals surface area (Å²) in [5.74, 6) is -1.30. The molecule has 1 amide bonds. The first-order valence-electron chi connectivity index (χ1n) is 5.93.